The normalized spacial score (nSPS) is 22.4. The van der Waals surface area contributed by atoms with Gasteiger partial charge in [-0.15, -0.1) is 0 Å². The molecule has 0 aliphatic heterocycles. The number of pyridine rings is 1. The molecule has 0 aromatic carbocycles. The van der Waals surface area contributed by atoms with Gasteiger partial charge in [0.05, 0.1) is 18.4 Å². The van der Waals surface area contributed by atoms with Crippen LogP contribution < -0.4 is 10.6 Å². The van der Waals surface area contributed by atoms with E-state index in [4.69, 9.17) is 10.5 Å². The molecule has 1 aromatic heterocycles. The van der Waals surface area contributed by atoms with Gasteiger partial charge in [0.15, 0.2) is 5.82 Å². The van der Waals surface area contributed by atoms with Crippen LogP contribution in [0.3, 0.4) is 0 Å². The summed E-state index contributed by atoms with van der Waals surface area (Å²) in [5.41, 5.74) is 6.88. The smallest absolute Gasteiger partial charge is 0.340 e. The second kappa shape index (κ2) is 6.11. The van der Waals surface area contributed by atoms with Crippen LogP contribution in [0.25, 0.3) is 0 Å². The Morgan fingerprint density at radius 2 is 2.25 bits per heavy atom. The molecule has 0 saturated heterocycles. The lowest BCUT2D eigenvalue weighted by Gasteiger charge is -2.35. The quantitative estimate of drug-likeness (QED) is 0.860. The number of carbonyl (C=O) groups is 1. The maximum absolute atomic E-state index is 11.7. The van der Waals surface area contributed by atoms with E-state index in [1.807, 2.05) is 7.05 Å². The molecule has 5 heteroatoms. The summed E-state index contributed by atoms with van der Waals surface area (Å²) in [6, 6.07) is 2.03. The van der Waals surface area contributed by atoms with Crippen LogP contribution in [-0.2, 0) is 4.74 Å². The van der Waals surface area contributed by atoms with E-state index in [0.717, 1.165) is 18.8 Å². The van der Waals surface area contributed by atoms with Gasteiger partial charge in [-0.25, -0.2) is 9.78 Å². The van der Waals surface area contributed by atoms with Crippen molar-refractivity contribution in [2.75, 3.05) is 24.8 Å². The summed E-state index contributed by atoms with van der Waals surface area (Å²) >= 11 is 0. The molecule has 110 valence electrons. The van der Waals surface area contributed by atoms with Gasteiger partial charge < -0.3 is 15.4 Å². The predicted molar refractivity (Wildman–Crippen MR) is 79.8 cm³/mol. The van der Waals surface area contributed by atoms with Crippen molar-refractivity contribution in [2.45, 2.75) is 38.6 Å². The fraction of sp³-hybridized carbons (Fsp3) is 0.600. The highest BCUT2D eigenvalue weighted by molar-refractivity contribution is 5.97. The van der Waals surface area contributed by atoms with Crippen molar-refractivity contribution in [3.05, 3.63) is 17.8 Å². The van der Waals surface area contributed by atoms with Gasteiger partial charge in [-0.1, -0.05) is 19.8 Å². The zero-order chi connectivity index (χ0) is 14.7. The van der Waals surface area contributed by atoms with E-state index in [-0.39, 0.29) is 0 Å². The van der Waals surface area contributed by atoms with Crippen molar-refractivity contribution in [1.82, 2.24) is 4.98 Å². The number of nitrogens with zero attached hydrogens (tertiary/aromatic N) is 2. The van der Waals surface area contributed by atoms with Gasteiger partial charge in [-0.05, 0) is 24.8 Å². The molecule has 2 atom stereocenters. The molecular weight excluding hydrogens is 254 g/mol. The molecule has 20 heavy (non-hydrogen) atoms. The molecule has 1 aliphatic carbocycles. The minimum atomic E-state index is -0.420. The zero-order valence-electron chi connectivity index (χ0n) is 12.4. The maximum Gasteiger partial charge on any atom is 0.340 e. The van der Waals surface area contributed by atoms with Gasteiger partial charge in [-0.3, -0.25) is 0 Å². The Bertz CT molecular complexity index is 490. The molecule has 1 heterocycles. The van der Waals surface area contributed by atoms with Crippen molar-refractivity contribution in [3.8, 4) is 0 Å². The molecule has 2 unspecified atom stereocenters. The number of carbonyl (C=O) groups excluding carboxylic acids is 1. The molecule has 2 N–H and O–H groups in total. The lowest BCUT2D eigenvalue weighted by Crippen LogP contribution is -2.36. The third kappa shape index (κ3) is 2.86. The summed E-state index contributed by atoms with van der Waals surface area (Å²) in [7, 11) is 3.36. The second-order valence-electron chi connectivity index (χ2n) is 5.62. The highest BCUT2D eigenvalue weighted by Gasteiger charge is 2.25. The lowest BCUT2D eigenvalue weighted by molar-refractivity contribution is 0.0602. The summed E-state index contributed by atoms with van der Waals surface area (Å²) in [4.78, 5) is 18.1. The molecule has 0 spiro atoms. The third-order valence-electron chi connectivity index (χ3n) is 4.16. The first-order chi connectivity index (χ1) is 9.54. The summed E-state index contributed by atoms with van der Waals surface area (Å²) in [6.45, 7) is 2.28. The first kappa shape index (κ1) is 14.6. The van der Waals surface area contributed by atoms with E-state index in [9.17, 15) is 4.79 Å². The van der Waals surface area contributed by atoms with Crippen molar-refractivity contribution < 1.29 is 9.53 Å². The Morgan fingerprint density at radius 3 is 2.90 bits per heavy atom. The molecule has 1 aromatic rings. The number of methoxy groups -OCH3 is 1. The fourth-order valence-electron chi connectivity index (χ4n) is 2.96. The number of ether oxygens (including phenoxy) is 1. The maximum atomic E-state index is 11.7. The Morgan fingerprint density at radius 1 is 1.50 bits per heavy atom. The summed E-state index contributed by atoms with van der Waals surface area (Å²) in [5, 5.41) is 0. The topological polar surface area (TPSA) is 68.5 Å². The highest BCUT2D eigenvalue weighted by Crippen LogP contribution is 2.32. The van der Waals surface area contributed by atoms with Gasteiger partial charge in [0.2, 0.25) is 0 Å². The molecule has 0 bridgehead atoms. The monoisotopic (exact) mass is 277 g/mol. The van der Waals surface area contributed by atoms with Crippen LogP contribution in [0.15, 0.2) is 12.3 Å². The standard InChI is InChI=1S/C15H23N3O2/c1-10-5-4-6-11(9-10)18(2)14-13(16)12(7-8-17-14)15(19)20-3/h7-8,10-11H,4-6,9,16H2,1-3H3. The van der Waals surface area contributed by atoms with Crippen LogP contribution in [0, 0.1) is 5.92 Å². The first-order valence-corrected chi connectivity index (χ1v) is 7.10. The Kier molecular flexibility index (Phi) is 4.47. The van der Waals surface area contributed by atoms with E-state index in [1.54, 1.807) is 12.3 Å². The highest BCUT2D eigenvalue weighted by atomic mass is 16.5. The Balaban J connectivity index is 2.25. The number of rotatable bonds is 3. The SMILES string of the molecule is COC(=O)c1ccnc(N(C)C2CCCC(C)C2)c1N. The van der Waals surface area contributed by atoms with Crippen LogP contribution in [0.4, 0.5) is 11.5 Å². The van der Waals surface area contributed by atoms with E-state index in [1.165, 1.54) is 20.0 Å². The summed E-state index contributed by atoms with van der Waals surface area (Å²) in [6.07, 6.45) is 6.41. The largest absolute Gasteiger partial charge is 0.465 e. The van der Waals surface area contributed by atoms with Gasteiger partial charge in [0.25, 0.3) is 0 Å². The molecule has 1 saturated carbocycles. The number of hydrogen-bond donors (Lipinski definition) is 1. The zero-order valence-corrected chi connectivity index (χ0v) is 12.4. The Labute approximate surface area is 120 Å². The number of nitrogen functional groups attached to an aromatic ring is 1. The van der Waals surface area contributed by atoms with E-state index < -0.39 is 5.97 Å². The van der Waals surface area contributed by atoms with Crippen LogP contribution in [0.5, 0.6) is 0 Å². The van der Waals surface area contributed by atoms with Crippen molar-refractivity contribution in [3.63, 3.8) is 0 Å². The molecule has 0 radical (unpaired) electrons. The number of hydrogen-bond acceptors (Lipinski definition) is 5. The fourth-order valence-corrected chi connectivity index (χ4v) is 2.96. The van der Waals surface area contributed by atoms with Crippen LogP contribution in [0.1, 0.15) is 43.0 Å². The summed E-state index contributed by atoms with van der Waals surface area (Å²) < 4.78 is 4.75. The minimum absolute atomic E-state index is 0.383. The number of nitrogens with two attached hydrogens (primary N) is 1. The lowest BCUT2D eigenvalue weighted by atomic mass is 9.86. The van der Waals surface area contributed by atoms with E-state index in [0.29, 0.717) is 23.1 Å². The number of anilines is 2. The Hall–Kier alpha value is -1.78. The average Bonchev–Trinajstić information content (AvgIpc) is 2.46. The van der Waals surface area contributed by atoms with Gasteiger partial charge in [-0.2, -0.15) is 0 Å². The minimum Gasteiger partial charge on any atom is -0.465 e. The van der Waals surface area contributed by atoms with Crippen LogP contribution >= 0.6 is 0 Å². The molecule has 5 nitrogen and oxygen atoms in total. The second-order valence-corrected chi connectivity index (χ2v) is 5.62. The van der Waals surface area contributed by atoms with Crippen molar-refractivity contribution in [2.24, 2.45) is 5.92 Å². The number of esters is 1. The van der Waals surface area contributed by atoms with E-state index in [2.05, 4.69) is 16.8 Å². The van der Waals surface area contributed by atoms with Gasteiger partial charge in [0, 0.05) is 19.3 Å². The third-order valence-corrected chi connectivity index (χ3v) is 4.16. The predicted octanol–water partition coefficient (Wildman–Crippen LogP) is 2.47. The molecular formula is C15H23N3O2. The van der Waals surface area contributed by atoms with E-state index >= 15 is 0 Å². The molecule has 0 amide bonds. The summed E-state index contributed by atoms with van der Waals surface area (Å²) in [5.74, 6) is 0.977. The average molecular weight is 277 g/mol. The molecule has 2 rings (SSSR count). The van der Waals surface area contributed by atoms with Crippen LogP contribution in [-0.4, -0.2) is 31.2 Å². The van der Waals surface area contributed by atoms with Crippen molar-refractivity contribution >= 4 is 17.5 Å². The van der Waals surface area contributed by atoms with Crippen LogP contribution in [0.2, 0.25) is 0 Å². The molecule has 1 fully saturated rings. The van der Waals surface area contributed by atoms with Crippen molar-refractivity contribution in [1.29, 1.82) is 0 Å². The first-order valence-electron chi connectivity index (χ1n) is 7.10. The van der Waals surface area contributed by atoms with Gasteiger partial charge >= 0.3 is 5.97 Å². The molecule has 1 aliphatic rings. The van der Waals surface area contributed by atoms with Gasteiger partial charge in [0.1, 0.15) is 0 Å². The number of aromatic nitrogens is 1.